The fraction of sp³-hybridized carbons (Fsp3) is 0.263. The molecule has 0 aliphatic carbocycles. The van der Waals surface area contributed by atoms with Crippen molar-refractivity contribution in [3.63, 3.8) is 0 Å². The zero-order chi connectivity index (χ0) is 21.3. The van der Waals surface area contributed by atoms with E-state index in [1.54, 1.807) is 12.1 Å². The summed E-state index contributed by atoms with van der Waals surface area (Å²) in [6, 6.07) is 11.3. The zero-order valence-electron chi connectivity index (χ0n) is 15.6. The molecule has 1 fully saturated rings. The van der Waals surface area contributed by atoms with Crippen molar-refractivity contribution in [1.82, 2.24) is 0 Å². The number of hydrogen-bond acceptors (Lipinski definition) is 7. The van der Waals surface area contributed by atoms with E-state index in [1.807, 2.05) is 35.7 Å². The molecule has 8 nitrogen and oxygen atoms in total. The van der Waals surface area contributed by atoms with Gasteiger partial charge in [0.25, 0.3) is 15.9 Å². The van der Waals surface area contributed by atoms with Crippen LogP contribution in [0.2, 0.25) is 0 Å². The molecule has 1 saturated heterocycles. The lowest BCUT2D eigenvalue weighted by molar-refractivity contribution is -0.137. The molecule has 158 valence electrons. The van der Waals surface area contributed by atoms with Crippen molar-refractivity contribution in [2.75, 3.05) is 34.3 Å². The smallest absolute Gasteiger partial charge is 0.323 e. The average Bonchev–Trinajstić information content (AvgIpc) is 3.24. The predicted molar refractivity (Wildman–Crippen MR) is 117 cm³/mol. The summed E-state index contributed by atoms with van der Waals surface area (Å²) in [4.78, 5) is 24.1. The average molecular weight is 467 g/mol. The van der Waals surface area contributed by atoms with Crippen molar-refractivity contribution >= 4 is 56.8 Å². The highest BCUT2D eigenvalue weighted by atomic mass is 32.2. The van der Waals surface area contributed by atoms with Crippen LogP contribution >= 0.6 is 23.5 Å². The number of nitrogens with one attached hydrogen (secondary N) is 1. The second kappa shape index (κ2) is 8.40. The van der Waals surface area contributed by atoms with Crippen LogP contribution in [0.25, 0.3) is 0 Å². The number of sulfonamides is 1. The third kappa shape index (κ3) is 4.37. The van der Waals surface area contributed by atoms with Gasteiger partial charge in [0.1, 0.15) is 12.3 Å². The number of nitrogens with zero attached hydrogens (tertiary/aromatic N) is 1. The minimum atomic E-state index is -3.96. The molecule has 11 heteroatoms. The fourth-order valence-electron chi connectivity index (χ4n) is 3.17. The third-order valence-electron chi connectivity index (χ3n) is 4.51. The molecule has 4 rings (SSSR count). The first-order valence-corrected chi connectivity index (χ1v) is 12.6. The third-order valence-corrected chi connectivity index (χ3v) is 8.99. The predicted octanol–water partition coefficient (Wildman–Crippen LogP) is 2.78. The molecule has 2 heterocycles. The summed E-state index contributed by atoms with van der Waals surface area (Å²) in [5.41, 5.74) is 1.59. The summed E-state index contributed by atoms with van der Waals surface area (Å²) < 4.78 is 34.0. The topological polar surface area (TPSA) is 113 Å². The number of aliphatic carboxylic acids is 1. The minimum absolute atomic E-state index is 0.0926. The van der Waals surface area contributed by atoms with Gasteiger partial charge in [-0.1, -0.05) is 12.1 Å². The molecule has 0 bridgehead atoms. The molecule has 2 aliphatic heterocycles. The quantitative estimate of drug-likeness (QED) is 0.668. The van der Waals surface area contributed by atoms with Crippen LogP contribution in [0.5, 0.6) is 5.75 Å². The van der Waals surface area contributed by atoms with Crippen molar-refractivity contribution in [3.05, 3.63) is 48.0 Å². The number of carboxylic acid groups (broad SMARTS) is 1. The summed E-state index contributed by atoms with van der Waals surface area (Å²) in [5.74, 6) is 0.628. The Morgan fingerprint density at radius 3 is 2.70 bits per heavy atom. The summed E-state index contributed by atoms with van der Waals surface area (Å²) >= 11 is 3.65. The molecule has 2 aliphatic rings. The molecule has 0 unspecified atom stereocenters. The first-order valence-electron chi connectivity index (χ1n) is 8.98. The maximum absolute atomic E-state index is 12.9. The molecule has 2 aromatic rings. The van der Waals surface area contributed by atoms with Gasteiger partial charge in [-0.05, 0) is 35.9 Å². The lowest BCUT2D eigenvalue weighted by Gasteiger charge is -2.28. The molecule has 30 heavy (non-hydrogen) atoms. The Bertz CT molecular complexity index is 1100. The van der Waals surface area contributed by atoms with Gasteiger partial charge in [-0.3, -0.25) is 19.2 Å². The van der Waals surface area contributed by atoms with Crippen molar-refractivity contribution < 1.29 is 27.9 Å². The van der Waals surface area contributed by atoms with Crippen LogP contribution in [0.4, 0.5) is 11.4 Å². The van der Waals surface area contributed by atoms with Crippen LogP contribution in [0, 0.1) is 0 Å². The van der Waals surface area contributed by atoms with E-state index in [-0.39, 0.29) is 27.5 Å². The number of ether oxygens (including phenoxy) is 1. The minimum Gasteiger partial charge on any atom is -0.482 e. The molecule has 0 radical (unpaired) electrons. The SMILES string of the molecule is O=C(O)CN1C(=O)COc2ccc(S(=O)(=O)Nc3cccc(C4SCCS4)c3)cc21. The van der Waals surface area contributed by atoms with E-state index < -0.39 is 28.4 Å². The number of hydrogen-bond donors (Lipinski definition) is 2. The van der Waals surface area contributed by atoms with Gasteiger partial charge in [-0.2, -0.15) is 0 Å². The molecule has 0 atom stereocenters. The number of carboxylic acids is 1. The molecule has 2 N–H and O–H groups in total. The van der Waals surface area contributed by atoms with E-state index in [0.717, 1.165) is 22.0 Å². The van der Waals surface area contributed by atoms with Crippen LogP contribution in [0.3, 0.4) is 0 Å². The van der Waals surface area contributed by atoms with Gasteiger partial charge in [-0.25, -0.2) is 8.42 Å². The first-order chi connectivity index (χ1) is 14.3. The number of carbonyl (C=O) groups is 2. The second-order valence-corrected chi connectivity index (χ2v) is 11.0. The first kappa shape index (κ1) is 20.9. The molecular formula is C19H18N2O6S3. The molecule has 0 aromatic heterocycles. The summed E-state index contributed by atoms with van der Waals surface area (Å²) in [6.45, 7) is -0.875. The van der Waals surface area contributed by atoms with E-state index in [0.29, 0.717) is 5.69 Å². The van der Waals surface area contributed by atoms with Crippen LogP contribution in [-0.4, -0.2) is 50.1 Å². The van der Waals surface area contributed by atoms with E-state index in [9.17, 15) is 18.0 Å². The maximum atomic E-state index is 12.9. The molecule has 2 aromatic carbocycles. The largest absolute Gasteiger partial charge is 0.482 e. The summed E-state index contributed by atoms with van der Waals surface area (Å²) in [6.07, 6.45) is 0. The van der Waals surface area contributed by atoms with Crippen LogP contribution in [-0.2, 0) is 19.6 Å². The Hall–Kier alpha value is -2.37. The molecular weight excluding hydrogens is 448 g/mol. The lowest BCUT2D eigenvalue weighted by Crippen LogP contribution is -2.42. The standard InChI is InChI=1S/C19H18N2O6S3/c22-17-11-27-16-5-4-14(9-15(16)21(17)10-18(23)24)30(25,26)20-13-3-1-2-12(8-13)19-28-6-7-29-19/h1-5,8-9,19-20H,6-7,10-11H2,(H,23,24). The number of thioether (sulfide) groups is 2. The van der Waals surface area contributed by atoms with E-state index in [4.69, 9.17) is 9.84 Å². The van der Waals surface area contributed by atoms with Crippen molar-refractivity contribution in [1.29, 1.82) is 0 Å². The number of carbonyl (C=O) groups excluding carboxylic acids is 1. The Balaban J connectivity index is 1.62. The molecule has 0 spiro atoms. The highest BCUT2D eigenvalue weighted by Gasteiger charge is 2.29. The van der Waals surface area contributed by atoms with Crippen LogP contribution < -0.4 is 14.4 Å². The summed E-state index contributed by atoms with van der Waals surface area (Å²) in [5, 5.41) is 9.08. The van der Waals surface area contributed by atoms with Crippen molar-refractivity contribution in [3.8, 4) is 5.75 Å². The second-order valence-electron chi connectivity index (χ2n) is 6.60. The monoisotopic (exact) mass is 466 g/mol. The van der Waals surface area contributed by atoms with E-state index in [1.165, 1.54) is 18.2 Å². The van der Waals surface area contributed by atoms with Crippen LogP contribution in [0.15, 0.2) is 47.4 Å². The Morgan fingerprint density at radius 2 is 1.97 bits per heavy atom. The maximum Gasteiger partial charge on any atom is 0.323 e. The fourth-order valence-corrected chi connectivity index (χ4v) is 7.08. The normalized spacial score (nSPS) is 16.8. The number of anilines is 2. The van der Waals surface area contributed by atoms with Gasteiger partial charge in [0.05, 0.1) is 15.2 Å². The highest BCUT2D eigenvalue weighted by Crippen LogP contribution is 2.45. The van der Waals surface area contributed by atoms with E-state index in [2.05, 4.69) is 4.72 Å². The van der Waals surface area contributed by atoms with Gasteiger partial charge in [0, 0.05) is 17.2 Å². The number of fused-ring (bicyclic) bond motifs is 1. The van der Waals surface area contributed by atoms with Crippen molar-refractivity contribution in [2.45, 2.75) is 9.48 Å². The number of benzene rings is 2. The van der Waals surface area contributed by atoms with Crippen LogP contribution in [0.1, 0.15) is 10.1 Å². The molecule has 1 amide bonds. The Labute approximate surface area is 182 Å². The number of rotatable bonds is 6. The van der Waals surface area contributed by atoms with Gasteiger partial charge in [-0.15, -0.1) is 23.5 Å². The van der Waals surface area contributed by atoms with Gasteiger partial charge in [0.15, 0.2) is 6.61 Å². The number of amides is 1. The van der Waals surface area contributed by atoms with Crippen molar-refractivity contribution in [2.24, 2.45) is 0 Å². The Morgan fingerprint density at radius 1 is 1.20 bits per heavy atom. The van der Waals surface area contributed by atoms with Gasteiger partial charge in [0.2, 0.25) is 0 Å². The zero-order valence-corrected chi connectivity index (χ0v) is 18.1. The van der Waals surface area contributed by atoms with Gasteiger partial charge >= 0.3 is 5.97 Å². The lowest BCUT2D eigenvalue weighted by atomic mass is 10.2. The van der Waals surface area contributed by atoms with E-state index >= 15 is 0 Å². The summed E-state index contributed by atoms with van der Waals surface area (Å²) in [7, 11) is -3.96. The molecule has 0 saturated carbocycles. The highest BCUT2D eigenvalue weighted by molar-refractivity contribution is 8.19. The van der Waals surface area contributed by atoms with Gasteiger partial charge < -0.3 is 9.84 Å². The Kier molecular flexibility index (Phi) is 5.85.